The van der Waals surface area contributed by atoms with Gasteiger partial charge in [0, 0.05) is 12.8 Å². The van der Waals surface area contributed by atoms with Gasteiger partial charge in [0.25, 0.3) is 0 Å². The molecule has 0 aliphatic rings. The molecule has 94 valence electrons. The topological polar surface area (TPSA) is 95.5 Å². The van der Waals surface area contributed by atoms with E-state index in [1.807, 2.05) is 0 Å². The number of hydrogen-bond donors (Lipinski definition) is 3. The fourth-order valence-corrected chi connectivity index (χ4v) is 1.05. The largest absolute Gasteiger partial charge is 0.481 e. The minimum absolute atomic E-state index is 0.00738. The van der Waals surface area contributed by atoms with Crippen molar-refractivity contribution in [2.24, 2.45) is 0 Å². The van der Waals surface area contributed by atoms with Crippen molar-refractivity contribution in [3.05, 3.63) is 0 Å². The molecule has 6 nitrogen and oxygen atoms in total. The molecule has 0 aliphatic carbocycles. The van der Waals surface area contributed by atoms with Crippen LogP contribution < -0.4 is 10.6 Å². The maximum Gasteiger partial charge on any atom is 0.322 e. The number of rotatable bonds is 6. The quantitative estimate of drug-likeness (QED) is 0.588. The van der Waals surface area contributed by atoms with Crippen LogP contribution in [0.1, 0.15) is 32.6 Å². The van der Waals surface area contributed by atoms with Crippen molar-refractivity contribution < 1.29 is 19.5 Å². The molecular weight excluding hydrogens is 224 g/mol. The summed E-state index contributed by atoms with van der Waals surface area (Å²) in [7, 11) is 0. The normalized spacial score (nSPS) is 11.1. The van der Waals surface area contributed by atoms with Crippen molar-refractivity contribution in [2.45, 2.75) is 38.6 Å². The standard InChI is InChI=1S/C11H16N2O4/c1-3-8(4-2)12-11(17)13-9(14)6-5-7-10(15)16/h1,8H,4-7H2,2H3,(H,15,16)(H2,12,13,14,17). The van der Waals surface area contributed by atoms with E-state index in [0.29, 0.717) is 6.42 Å². The predicted octanol–water partition coefficient (Wildman–Crippen LogP) is 0.479. The smallest absolute Gasteiger partial charge is 0.322 e. The lowest BCUT2D eigenvalue weighted by atomic mass is 10.2. The summed E-state index contributed by atoms with van der Waals surface area (Å²) in [6.45, 7) is 1.81. The average Bonchev–Trinajstić information content (AvgIpc) is 2.25. The molecule has 3 N–H and O–H groups in total. The first kappa shape index (κ1) is 15.0. The Morgan fingerprint density at radius 2 is 2.00 bits per heavy atom. The van der Waals surface area contributed by atoms with Gasteiger partial charge in [0.2, 0.25) is 5.91 Å². The number of carbonyl (C=O) groups excluding carboxylic acids is 2. The Kier molecular flexibility index (Phi) is 7.19. The minimum Gasteiger partial charge on any atom is -0.481 e. The van der Waals surface area contributed by atoms with E-state index in [2.05, 4.69) is 16.6 Å². The molecule has 0 aliphatic heterocycles. The Labute approximate surface area is 99.8 Å². The summed E-state index contributed by atoms with van der Waals surface area (Å²) in [6, 6.07) is -1.07. The first-order valence-electron chi connectivity index (χ1n) is 5.27. The highest BCUT2D eigenvalue weighted by molar-refractivity contribution is 5.94. The van der Waals surface area contributed by atoms with Gasteiger partial charge in [-0.2, -0.15) is 0 Å². The molecule has 0 spiro atoms. The molecule has 0 heterocycles. The Morgan fingerprint density at radius 1 is 1.35 bits per heavy atom. The first-order chi connectivity index (χ1) is 7.99. The van der Waals surface area contributed by atoms with Crippen molar-refractivity contribution in [2.75, 3.05) is 0 Å². The monoisotopic (exact) mass is 240 g/mol. The molecule has 1 atom stereocenters. The van der Waals surface area contributed by atoms with Gasteiger partial charge in [-0.25, -0.2) is 4.79 Å². The summed E-state index contributed by atoms with van der Waals surface area (Å²) >= 11 is 0. The Bertz CT molecular complexity index is 333. The molecule has 0 saturated carbocycles. The molecule has 0 saturated heterocycles. The summed E-state index contributed by atoms with van der Waals surface area (Å²) in [5, 5.41) is 12.9. The zero-order valence-electron chi connectivity index (χ0n) is 9.66. The predicted molar refractivity (Wildman–Crippen MR) is 61.1 cm³/mol. The molecule has 0 aromatic carbocycles. The van der Waals surface area contributed by atoms with E-state index in [0.717, 1.165) is 0 Å². The van der Waals surface area contributed by atoms with Gasteiger partial charge in [-0.3, -0.25) is 14.9 Å². The third kappa shape index (κ3) is 7.85. The number of imide groups is 1. The lowest BCUT2D eigenvalue weighted by Gasteiger charge is -2.10. The van der Waals surface area contributed by atoms with Gasteiger partial charge in [0.05, 0.1) is 6.04 Å². The van der Waals surface area contributed by atoms with E-state index in [4.69, 9.17) is 11.5 Å². The van der Waals surface area contributed by atoms with Crippen molar-refractivity contribution in [3.8, 4) is 12.3 Å². The number of urea groups is 1. The van der Waals surface area contributed by atoms with Crippen LogP contribution in [-0.4, -0.2) is 29.1 Å². The Hall–Kier alpha value is -2.03. The maximum atomic E-state index is 11.2. The highest BCUT2D eigenvalue weighted by Gasteiger charge is 2.11. The Balaban J connectivity index is 3.85. The number of carboxylic acid groups (broad SMARTS) is 1. The van der Waals surface area contributed by atoms with Gasteiger partial charge in [-0.05, 0) is 12.8 Å². The number of terminal acetylenes is 1. The average molecular weight is 240 g/mol. The summed E-state index contributed by atoms with van der Waals surface area (Å²) in [4.78, 5) is 32.6. The summed E-state index contributed by atoms with van der Waals surface area (Å²) < 4.78 is 0. The summed E-state index contributed by atoms with van der Waals surface area (Å²) in [5.41, 5.74) is 0. The number of amides is 3. The third-order valence-corrected chi connectivity index (χ3v) is 1.96. The van der Waals surface area contributed by atoms with Crippen LogP contribution in [0.5, 0.6) is 0 Å². The zero-order chi connectivity index (χ0) is 13.3. The fraction of sp³-hybridized carbons (Fsp3) is 0.545. The number of nitrogens with one attached hydrogen (secondary N) is 2. The van der Waals surface area contributed by atoms with Gasteiger partial charge < -0.3 is 10.4 Å². The van der Waals surface area contributed by atoms with Crippen LogP contribution >= 0.6 is 0 Å². The molecule has 0 aromatic rings. The van der Waals surface area contributed by atoms with Gasteiger partial charge in [0.1, 0.15) is 0 Å². The summed E-state index contributed by atoms with van der Waals surface area (Å²) in [5.74, 6) is 0.863. The van der Waals surface area contributed by atoms with E-state index in [-0.39, 0.29) is 19.3 Å². The molecule has 0 fully saturated rings. The van der Waals surface area contributed by atoms with Crippen LogP contribution in [-0.2, 0) is 9.59 Å². The van der Waals surface area contributed by atoms with E-state index in [1.165, 1.54) is 0 Å². The van der Waals surface area contributed by atoms with Crippen LogP contribution in [0.3, 0.4) is 0 Å². The fourth-order valence-electron chi connectivity index (χ4n) is 1.05. The molecule has 0 rings (SSSR count). The van der Waals surface area contributed by atoms with Crippen LogP contribution in [0.25, 0.3) is 0 Å². The lowest BCUT2D eigenvalue weighted by Crippen LogP contribution is -2.43. The summed E-state index contributed by atoms with van der Waals surface area (Å²) in [6.07, 6.45) is 5.79. The van der Waals surface area contributed by atoms with Crippen molar-refractivity contribution in [1.29, 1.82) is 0 Å². The maximum absolute atomic E-state index is 11.2. The highest BCUT2D eigenvalue weighted by Crippen LogP contribution is 1.95. The van der Waals surface area contributed by atoms with Crippen LogP contribution in [0.2, 0.25) is 0 Å². The molecule has 6 heteroatoms. The van der Waals surface area contributed by atoms with E-state index in [1.54, 1.807) is 6.92 Å². The van der Waals surface area contributed by atoms with Crippen molar-refractivity contribution in [3.63, 3.8) is 0 Å². The molecule has 3 amide bonds. The SMILES string of the molecule is C#CC(CC)NC(=O)NC(=O)CCCC(=O)O. The van der Waals surface area contributed by atoms with Crippen LogP contribution in [0.4, 0.5) is 4.79 Å². The van der Waals surface area contributed by atoms with E-state index >= 15 is 0 Å². The number of aliphatic carboxylic acids is 1. The second kappa shape index (κ2) is 8.16. The molecule has 17 heavy (non-hydrogen) atoms. The highest BCUT2D eigenvalue weighted by atomic mass is 16.4. The number of hydrogen-bond acceptors (Lipinski definition) is 3. The number of carboxylic acids is 1. The van der Waals surface area contributed by atoms with E-state index in [9.17, 15) is 14.4 Å². The van der Waals surface area contributed by atoms with Gasteiger partial charge in [-0.15, -0.1) is 6.42 Å². The second-order valence-corrected chi connectivity index (χ2v) is 3.40. The third-order valence-electron chi connectivity index (χ3n) is 1.96. The number of carbonyl (C=O) groups is 3. The molecule has 0 aromatic heterocycles. The molecule has 0 radical (unpaired) electrons. The second-order valence-electron chi connectivity index (χ2n) is 3.40. The first-order valence-corrected chi connectivity index (χ1v) is 5.27. The minimum atomic E-state index is -0.972. The Morgan fingerprint density at radius 3 is 2.47 bits per heavy atom. The molecule has 1 unspecified atom stereocenters. The van der Waals surface area contributed by atoms with Gasteiger partial charge in [-0.1, -0.05) is 12.8 Å². The van der Waals surface area contributed by atoms with Crippen LogP contribution in [0, 0.1) is 12.3 Å². The van der Waals surface area contributed by atoms with E-state index < -0.39 is 23.9 Å². The van der Waals surface area contributed by atoms with Crippen LogP contribution in [0.15, 0.2) is 0 Å². The molecular formula is C11H16N2O4. The van der Waals surface area contributed by atoms with Crippen molar-refractivity contribution in [1.82, 2.24) is 10.6 Å². The zero-order valence-corrected chi connectivity index (χ0v) is 9.66. The lowest BCUT2D eigenvalue weighted by molar-refractivity contribution is -0.137. The van der Waals surface area contributed by atoms with Gasteiger partial charge >= 0.3 is 12.0 Å². The molecule has 0 bridgehead atoms. The van der Waals surface area contributed by atoms with Crippen molar-refractivity contribution >= 4 is 17.9 Å². The van der Waals surface area contributed by atoms with Gasteiger partial charge in [0.15, 0.2) is 0 Å².